The van der Waals surface area contributed by atoms with Crippen molar-refractivity contribution in [2.24, 2.45) is 0 Å². The van der Waals surface area contributed by atoms with Gasteiger partial charge in [0.15, 0.2) is 0 Å². The highest BCUT2D eigenvalue weighted by molar-refractivity contribution is 7.99. The van der Waals surface area contributed by atoms with Gasteiger partial charge in [-0.2, -0.15) is 0 Å². The fourth-order valence-corrected chi connectivity index (χ4v) is 2.25. The van der Waals surface area contributed by atoms with Crippen LogP contribution in [-0.2, 0) is 6.54 Å². The molecule has 2 aromatic rings. The maximum Gasteiger partial charge on any atom is 0.247 e. The highest BCUT2D eigenvalue weighted by atomic mass is 32.2. The average molecular weight is 287 g/mol. The molecule has 0 saturated heterocycles. The van der Waals surface area contributed by atoms with Crippen molar-refractivity contribution in [3.8, 4) is 0 Å². The van der Waals surface area contributed by atoms with Gasteiger partial charge in [0.1, 0.15) is 11.6 Å². The molecule has 0 unspecified atom stereocenters. The van der Waals surface area contributed by atoms with Crippen LogP contribution >= 0.6 is 11.8 Å². The number of hydrogen-bond acceptors (Lipinski definition) is 3. The summed E-state index contributed by atoms with van der Waals surface area (Å²) < 4.78 is 37.6. The Morgan fingerprint density at radius 3 is 2.89 bits per heavy atom. The molecule has 2 rings (SSSR count). The highest BCUT2D eigenvalue weighted by Gasteiger charge is 2.09. The van der Waals surface area contributed by atoms with E-state index in [1.54, 1.807) is 12.4 Å². The molecule has 0 radical (unpaired) electrons. The summed E-state index contributed by atoms with van der Waals surface area (Å²) in [5.41, 5.74) is 0.488. The van der Waals surface area contributed by atoms with Crippen LogP contribution in [0.1, 0.15) is 5.82 Å². The second kappa shape index (κ2) is 6.51. The van der Waals surface area contributed by atoms with E-state index >= 15 is 0 Å². The molecule has 0 amide bonds. The molecule has 0 saturated carbocycles. The van der Waals surface area contributed by atoms with Crippen LogP contribution in [0.4, 0.5) is 18.9 Å². The van der Waals surface area contributed by atoms with Crippen molar-refractivity contribution < 1.29 is 13.2 Å². The Labute approximate surface area is 112 Å². The summed E-state index contributed by atoms with van der Waals surface area (Å²) in [6, 6.07) is 4.04. The zero-order valence-corrected chi connectivity index (χ0v) is 10.7. The quantitative estimate of drug-likeness (QED) is 0.799. The second-order valence-corrected chi connectivity index (χ2v) is 4.79. The predicted molar refractivity (Wildman–Crippen MR) is 69.0 cm³/mol. The average Bonchev–Trinajstić information content (AvgIpc) is 2.88. The first-order valence-corrected chi connectivity index (χ1v) is 6.56. The number of anilines is 1. The summed E-state index contributed by atoms with van der Waals surface area (Å²) in [5, 5.41) is 2.98. The van der Waals surface area contributed by atoms with Crippen molar-refractivity contribution >= 4 is 17.4 Å². The fraction of sp³-hybridized carbons (Fsp3) is 0.250. The molecule has 0 atom stereocenters. The number of aromatic nitrogens is 2. The minimum atomic E-state index is -2.40. The molecule has 0 fully saturated rings. The Hall–Kier alpha value is -1.63. The molecule has 1 aromatic carbocycles. The lowest BCUT2D eigenvalue weighted by Gasteiger charge is -2.11. The Morgan fingerprint density at radius 2 is 2.21 bits per heavy atom. The first-order valence-electron chi connectivity index (χ1n) is 5.58. The van der Waals surface area contributed by atoms with Gasteiger partial charge in [-0.25, -0.2) is 18.2 Å². The molecule has 7 heteroatoms. The first kappa shape index (κ1) is 13.8. The van der Waals surface area contributed by atoms with Crippen LogP contribution in [0.5, 0.6) is 0 Å². The van der Waals surface area contributed by atoms with Gasteiger partial charge in [-0.1, -0.05) is 0 Å². The van der Waals surface area contributed by atoms with Crippen molar-refractivity contribution in [1.82, 2.24) is 9.97 Å². The molecule has 0 bridgehead atoms. The van der Waals surface area contributed by atoms with E-state index in [9.17, 15) is 13.2 Å². The van der Waals surface area contributed by atoms with E-state index in [0.29, 0.717) is 23.0 Å². The number of halogens is 3. The van der Waals surface area contributed by atoms with Crippen molar-refractivity contribution in [2.45, 2.75) is 17.9 Å². The van der Waals surface area contributed by atoms with E-state index in [-0.39, 0.29) is 5.75 Å². The molecule has 3 nitrogen and oxygen atoms in total. The largest absolute Gasteiger partial charge is 0.377 e. The van der Waals surface area contributed by atoms with Crippen LogP contribution in [0.15, 0.2) is 35.5 Å². The molecule has 0 aliphatic carbocycles. The number of imidazole rings is 1. The van der Waals surface area contributed by atoms with E-state index in [1.807, 2.05) is 0 Å². The van der Waals surface area contributed by atoms with Gasteiger partial charge >= 0.3 is 0 Å². The lowest BCUT2D eigenvalue weighted by atomic mass is 10.3. The Balaban J connectivity index is 2.06. The van der Waals surface area contributed by atoms with Crippen LogP contribution in [0.3, 0.4) is 0 Å². The van der Waals surface area contributed by atoms with E-state index < -0.39 is 12.2 Å². The minimum absolute atomic E-state index is 0.318. The summed E-state index contributed by atoms with van der Waals surface area (Å²) >= 11 is 0.991. The molecule has 102 valence electrons. The molecule has 2 N–H and O–H groups in total. The second-order valence-electron chi connectivity index (χ2n) is 3.73. The number of nitrogens with one attached hydrogen (secondary N) is 2. The van der Waals surface area contributed by atoms with E-state index in [1.165, 1.54) is 18.2 Å². The molecule has 1 heterocycles. The number of alkyl halides is 2. The Morgan fingerprint density at radius 1 is 1.37 bits per heavy atom. The standard InChI is InChI=1S/C12H12F3N3S/c13-8-1-2-10(19-7-11(14)15)9(5-8)18-6-12-16-3-4-17-12/h1-5,11,18H,6-7H2,(H,16,17). The summed E-state index contributed by atoms with van der Waals surface area (Å²) in [6.07, 6.45) is 0.886. The predicted octanol–water partition coefficient (Wildman–Crippen LogP) is 3.52. The SMILES string of the molecule is Fc1ccc(SCC(F)F)c(NCc2ncc[nH]2)c1. The monoisotopic (exact) mass is 287 g/mol. The molecular weight excluding hydrogens is 275 g/mol. The third-order valence-corrected chi connectivity index (χ3v) is 3.39. The Bertz CT molecular complexity index is 517. The molecule has 0 aliphatic heterocycles. The van der Waals surface area contributed by atoms with E-state index in [0.717, 1.165) is 11.8 Å². The maximum atomic E-state index is 13.2. The summed E-state index contributed by atoms with van der Waals surface area (Å²) in [4.78, 5) is 7.51. The van der Waals surface area contributed by atoms with Gasteiger partial charge in [0.05, 0.1) is 18.0 Å². The van der Waals surface area contributed by atoms with Crippen LogP contribution in [0.25, 0.3) is 0 Å². The van der Waals surface area contributed by atoms with Gasteiger partial charge in [0, 0.05) is 17.3 Å². The normalized spacial score (nSPS) is 10.9. The van der Waals surface area contributed by atoms with Crippen LogP contribution in [0, 0.1) is 5.82 Å². The van der Waals surface area contributed by atoms with Crippen LogP contribution in [-0.4, -0.2) is 22.1 Å². The molecular formula is C12H12F3N3S. The topological polar surface area (TPSA) is 40.7 Å². The zero-order valence-electron chi connectivity index (χ0n) is 9.87. The van der Waals surface area contributed by atoms with Gasteiger partial charge in [-0.15, -0.1) is 11.8 Å². The number of benzene rings is 1. The molecule has 0 aliphatic rings. The van der Waals surface area contributed by atoms with Gasteiger partial charge in [0.2, 0.25) is 6.43 Å². The lowest BCUT2D eigenvalue weighted by molar-refractivity contribution is 0.177. The summed E-state index contributed by atoms with van der Waals surface area (Å²) in [7, 11) is 0. The van der Waals surface area contributed by atoms with Crippen molar-refractivity contribution in [2.75, 3.05) is 11.1 Å². The third-order valence-electron chi connectivity index (χ3n) is 2.31. The van der Waals surface area contributed by atoms with Gasteiger partial charge in [-0.05, 0) is 18.2 Å². The number of nitrogens with zero attached hydrogens (tertiary/aromatic N) is 1. The smallest absolute Gasteiger partial charge is 0.247 e. The van der Waals surface area contributed by atoms with Crippen molar-refractivity contribution in [1.29, 1.82) is 0 Å². The number of rotatable bonds is 6. The van der Waals surface area contributed by atoms with Gasteiger partial charge in [-0.3, -0.25) is 0 Å². The van der Waals surface area contributed by atoms with Crippen molar-refractivity contribution in [3.05, 3.63) is 42.2 Å². The number of aromatic amines is 1. The number of H-pyrrole nitrogens is 1. The van der Waals surface area contributed by atoms with E-state index in [4.69, 9.17) is 0 Å². The summed E-state index contributed by atoms with van der Waals surface area (Å²) in [6.45, 7) is 0.374. The van der Waals surface area contributed by atoms with E-state index in [2.05, 4.69) is 15.3 Å². The lowest BCUT2D eigenvalue weighted by Crippen LogP contribution is -2.03. The van der Waals surface area contributed by atoms with Crippen LogP contribution < -0.4 is 5.32 Å². The molecule has 1 aromatic heterocycles. The third kappa shape index (κ3) is 4.20. The minimum Gasteiger partial charge on any atom is -0.377 e. The van der Waals surface area contributed by atoms with Gasteiger partial charge in [0.25, 0.3) is 0 Å². The van der Waals surface area contributed by atoms with Gasteiger partial charge < -0.3 is 10.3 Å². The number of hydrogen-bond donors (Lipinski definition) is 2. The first-order chi connectivity index (χ1) is 9.15. The van der Waals surface area contributed by atoms with Crippen molar-refractivity contribution in [3.63, 3.8) is 0 Å². The summed E-state index contributed by atoms with van der Waals surface area (Å²) in [5.74, 6) is -0.0430. The zero-order chi connectivity index (χ0) is 13.7. The number of thioether (sulfide) groups is 1. The molecule has 19 heavy (non-hydrogen) atoms. The Kier molecular flexibility index (Phi) is 4.73. The van der Waals surface area contributed by atoms with Crippen LogP contribution in [0.2, 0.25) is 0 Å². The fourth-order valence-electron chi connectivity index (χ4n) is 1.49. The highest BCUT2D eigenvalue weighted by Crippen LogP contribution is 2.29. The molecule has 0 spiro atoms. The maximum absolute atomic E-state index is 13.2.